The SMILES string of the molecule is COC(=O)c1cc(Cc2ccccc2)sc1NC(=S)N1CCN(Cc2ccc(Cl)c(Cl)c2)CC1. The second-order valence-corrected chi connectivity index (χ2v) is 10.4. The second kappa shape index (κ2) is 11.5. The molecule has 0 radical (unpaired) electrons. The van der Waals surface area contributed by atoms with Crippen LogP contribution in [0, 0.1) is 0 Å². The van der Waals surface area contributed by atoms with E-state index in [4.69, 9.17) is 40.2 Å². The van der Waals surface area contributed by atoms with Gasteiger partial charge in [-0.05, 0) is 41.5 Å². The fraction of sp³-hybridized carbons (Fsp3) is 0.280. The topological polar surface area (TPSA) is 44.8 Å². The smallest absolute Gasteiger partial charge is 0.340 e. The van der Waals surface area contributed by atoms with Crippen LogP contribution in [0.15, 0.2) is 54.6 Å². The van der Waals surface area contributed by atoms with Crippen LogP contribution in [-0.2, 0) is 17.7 Å². The molecule has 1 aromatic heterocycles. The summed E-state index contributed by atoms with van der Waals surface area (Å²) in [6.45, 7) is 4.14. The van der Waals surface area contributed by atoms with E-state index in [0.717, 1.165) is 54.6 Å². The van der Waals surface area contributed by atoms with Crippen LogP contribution < -0.4 is 5.32 Å². The second-order valence-electron chi connectivity index (χ2n) is 8.05. The summed E-state index contributed by atoms with van der Waals surface area (Å²) in [7, 11) is 1.39. The number of anilines is 1. The molecule has 9 heteroatoms. The average Bonchev–Trinajstić information content (AvgIpc) is 3.24. The highest BCUT2D eigenvalue weighted by atomic mass is 35.5. The number of hydrogen-bond donors (Lipinski definition) is 1. The van der Waals surface area contributed by atoms with Gasteiger partial charge >= 0.3 is 5.97 Å². The Balaban J connectivity index is 1.37. The van der Waals surface area contributed by atoms with Crippen LogP contribution in [0.2, 0.25) is 10.0 Å². The summed E-state index contributed by atoms with van der Waals surface area (Å²) >= 11 is 19.4. The highest BCUT2D eigenvalue weighted by Gasteiger charge is 2.22. The number of carbonyl (C=O) groups is 1. The number of nitrogens with zero attached hydrogens (tertiary/aromatic N) is 2. The maximum absolute atomic E-state index is 12.4. The number of thiocarbonyl (C=S) groups is 1. The van der Waals surface area contributed by atoms with Crippen LogP contribution in [0.3, 0.4) is 0 Å². The number of rotatable bonds is 6. The summed E-state index contributed by atoms with van der Waals surface area (Å²) in [4.78, 5) is 18.0. The predicted molar refractivity (Wildman–Crippen MR) is 144 cm³/mol. The summed E-state index contributed by atoms with van der Waals surface area (Å²) in [5.41, 5.74) is 2.84. The molecule has 0 saturated carbocycles. The Hall–Kier alpha value is -2.16. The number of piperazine rings is 1. The number of benzene rings is 2. The van der Waals surface area contributed by atoms with Crippen molar-refractivity contribution in [1.82, 2.24) is 9.80 Å². The summed E-state index contributed by atoms with van der Waals surface area (Å²) < 4.78 is 5.00. The molecule has 1 aliphatic rings. The minimum absolute atomic E-state index is 0.368. The average molecular weight is 535 g/mol. The predicted octanol–water partition coefficient (Wildman–Crippen LogP) is 5.95. The third-order valence-electron chi connectivity index (χ3n) is 5.68. The molecule has 1 saturated heterocycles. The van der Waals surface area contributed by atoms with Gasteiger partial charge in [0, 0.05) is 44.0 Å². The first-order valence-electron chi connectivity index (χ1n) is 10.9. The lowest BCUT2D eigenvalue weighted by Gasteiger charge is -2.36. The molecule has 4 rings (SSSR count). The van der Waals surface area contributed by atoms with Crippen LogP contribution in [0.25, 0.3) is 0 Å². The Kier molecular flexibility index (Phi) is 8.45. The van der Waals surface area contributed by atoms with Crippen molar-refractivity contribution in [2.24, 2.45) is 0 Å². The van der Waals surface area contributed by atoms with Crippen molar-refractivity contribution >= 4 is 62.8 Å². The molecular formula is C25H25Cl2N3O2S2. The van der Waals surface area contributed by atoms with Crippen LogP contribution in [0.4, 0.5) is 5.00 Å². The summed E-state index contributed by atoms with van der Waals surface area (Å²) in [6.07, 6.45) is 0.747. The Morgan fingerprint density at radius 2 is 1.76 bits per heavy atom. The highest BCUT2D eigenvalue weighted by molar-refractivity contribution is 7.80. The molecule has 2 heterocycles. The fourth-order valence-electron chi connectivity index (χ4n) is 3.86. The lowest BCUT2D eigenvalue weighted by molar-refractivity contribution is 0.0602. The molecule has 0 unspecified atom stereocenters. The maximum atomic E-state index is 12.4. The lowest BCUT2D eigenvalue weighted by Crippen LogP contribution is -2.49. The molecule has 178 valence electrons. The van der Waals surface area contributed by atoms with E-state index >= 15 is 0 Å². The van der Waals surface area contributed by atoms with E-state index in [2.05, 4.69) is 27.2 Å². The molecular weight excluding hydrogens is 509 g/mol. The molecule has 3 aromatic rings. The van der Waals surface area contributed by atoms with Gasteiger partial charge < -0.3 is 15.0 Å². The number of carbonyl (C=O) groups excluding carboxylic acids is 1. The van der Waals surface area contributed by atoms with Crippen molar-refractivity contribution in [3.8, 4) is 0 Å². The summed E-state index contributed by atoms with van der Waals surface area (Å²) in [5, 5.41) is 5.79. The van der Waals surface area contributed by atoms with Gasteiger partial charge in [0.15, 0.2) is 5.11 Å². The Morgan fingerprint density at radius 1 is 1.03 bits per heavy atom. The minimum atomic E-state index is -0.368. The normalized spacial score (nSPS) is 14.1. The molecule has 0 atom stereocenters. The van der Waals surface area contributed by atoms with Crippen LogP contribution >= 0.6 is 46.8 Å². The molecule has 1 aliphatic heterocycles. The van der Waals surface area contributed by atoms with Crippen LogP contribution in [-0.4, -0.2) is 54.2 Å². The summed E-state index contributed by atoms with van der Waals surface area (Å²) in [6, 6.07) is 17.8. The fourth-order valence-corrected chi connectivity index (χ4v) is 5.61. The van der Waals surface area contributed by atoms with E-state index in [-0.39, 0.29) is 5.97 Å². The molecule has 0 bridgehead atoms. The third kappa shape index (κ3) is 6.29. The van der Waals surface area contributed by atoms with Gasteiger partial charge in [-0.1, -0.05) is 59.6 Å². The number of hydrogen-bond acceptors (Lipinski definition) is 5. The van der Waals surface area contributed by atoms with E-state index in [0.29, 0.717) is 20.7 Å². The van der Waals surface area contributed by atoms with Crippen molar-refractivity contribution in [2.45, 2.75) is 13.0 Å². The van der Waals surface area contributed by atoms with Gasteiger partial charge in [0.05, 0.1) is 22.7 Å². The zero-order valence-electron chi connectivity index (χ0n) is 18.7. The number of nitrogens with one attached hydrogen (secondary N) is 1. The molecule has 2 aromatic carbocycles. The van der Waals surface area contributed by atoms with Gasteiger partial charge in [0.2, 0.25) is 0 Å². The molecule has 5 nitrogen and oxygen atoms in total. The van der Waals surface area contributed by atoms with Gasteiger partial charge in [-0.3, -0.25) is 4.90 Å². The molecule has 1 N–H and O–H groups in total. The Bertz CT molecular complexity index is 1160. The number of methoxy groups -OCH3 is 1. The highest BCUT2D eigenvalue weighted by Crippen LogP contribution is 2.31. The first kappa shape index (κ1) is 24.9. The van der Waals surface area contributed by atoms with Crippen molar-refractivity contribution in [3.63, 3.8) is 0 Å². The first-order chi connectivity index (χ1) is 16.4. The zero-order chi connectivity index (χ0) is 24.1. The van der Waals surface area contributed by atoms with E-state index in [1.807, 2.05) is 42.5 Å². The maximum Gasteiger partial charge on any atom is 0.340 e. The molecule has 0 aliphatic carbocycles. The van der Waals surface area contributed by atoms with E-state index < -0.39 is 0 Å². The minimum Gasteiger partial charge on any atom is -0.465 e. The largest absolute Gasteiger partial charge is 0.465 e. The van der Waals surface area contributed by atoms with Gasteiger partial charge in [0.1, 0.15) is 5.00 Å². The van der Waals surface area contributed by atoms with E-state index in [9.17, 15) is 4.79 Å². The van der Waals surface area contributed by atoms with Gasteiger partial charge in [0.25, 0.3) is 0 Å². The zero-order valence-corrected chi connectivity index (χ0v) is 21.9. The van der Waals surface area contributed by atoms with Gasteiger partial charge in [-0.2, -0.15) is 0 Å². The van der Waals surface area contributed by atoms with Crippen LogP contribution in [0.5, 0.6) is 0 Å². The molecule has 34 heavy (non-hydrogen) atoms. The lowest BCUT2D eigenvalue weighted by atomic mass is 10.1. The van der Waals surface area contributed by atoms with Crippen molar-refractivity contribution in [1.29, 1.82) is 0 Å². The molecule has 1 fully saturated rings. The molecule has 0 amide bonds. The van der Waals surface area contributed by atoms with E-state index in [1.165, 1.54) is 24.0 Å². The summed E-state index contributed by atoms with van der Waals surface area (Å²) in [5.74, 6) is -0.368. The van der Waals surface area contributed by atoms with Crippen molar-refractivity contribution < 1.29 is 9.53 Å². The number of esters is 1. The van der Waals surface area contributed by atoms with Crippen molar-refractivity contribution in [2.75, 3.05) is 38.6 Å². The van der Waals surface area contributed by atoms with E-state index in [1.54, 1.807) is 0 Å². The quantitative estimate of drug-likeness (QED) is 0.312. The third-order valence-corrected chi connectivity index (χ3v) is 7.83. The Morgan fingerprint density at radius 3 is 2.44 bits per heavy atom. The van der Waals surface area contributed by atoms with Crippen LogP contribution in [0.1, 0.15) is 26.4 Å². The monoisotopic (exact) mass is 533 g/mol. The number of halogens is 2. The van der Waals surface area contributed by atoms with Gasteiger partial charge in [-0.15, -0.1) is 11.3 Å². The van der Waals surface area contributed by atoms with Crippen molar-refractivity contribution in [3.05, 3.63) is 86.2 Å². The first-order valence-corrected chi connectivity index (χ1v) is 12.9. The van der Waals surface area contributed by atoms with Gasteiger partial charge in [-0.25, -0.2) is 4.79 Å². The molecule has 0 spiro atoms. The standard InChI is InChI=1S/C25H25Cl2N3O2S2/c1-32-24(31)20-15-19(13-17-5-3-2-4-6-17)34-23(20)28-25(33)30-11-9-29(10-12-30)16-18-7-8-21(26)22(27)14-18/h2-8,14-15H,9-13,16H2,1H3,(H,28,33). The number of thiophene rings is 1. The Labute approximate surface area is 219 Å². The number of ether oxygens (including phenoxy) is 1.